The summed E-state index contributed by atoms with van der Waals surface area (Å²) < 4.78 is 5.52. The lowest BCUT2D eigenvalue weighted by Gasteiger charge is -2.34. The third kappa shape index (κ3) is 3.68. The Morgan fingerprint density at radius 3 is 2.20 bits per heavy atom. The smallest absolute Gasteiger partial charge is 0.255 e. The molecule has 0 bridgehead atoms. The fourth-order valence-corrected chi connectivity index (χ4v) is 3.03. The molecule has 1 saturated heterocycles. The van der Waals surface area contributed by atoms with Gasteiger partial charge in [-0.2, -0.15) is 0 Å². The van der Waals surface area contributed by atoms with Gasteiger partial charge in [-0.15, -0.1) is 0 Å². The average molecular weight is 341 g/mol. The van der Waals surface area contributed by atoms with Gasteiger partial charge in [0.2, 0.25) is 0 Å². The lowest BCUT2D eigenvalue weighted by molar-refractivity contribution is 0.0535. The summed E-state index contributed by atoms with van der Waals surface area (Å²) >= 11 is 0. The number of nitrogens with one attached hydrogen (secondary N) is 1. The van der Waals surface area contributed by atoms with E-state index in [1.807, 2.05) is 26.0 Å². The van der Waals surface area contributed by atoms with Crippen molar-refractivity contribution in [2.24, 2.45) is 0 Å². The highest BCUT2D eigenvalue weighted by Crippen LogP contribution is 2.20. The number of amides is 2. The van der Waals surface area contributed by atoms with Gasteiger partial charge in [0.15, 0.2) is 0 Å². The number of nitrogens with zero attached hydrogens (tertiary/aromatic N) is 2. The summed E-state index contributed by atoms with van der Waals surface area (Å²) in [6.45, 7) is 6.66. The van der Waals surface area contributed by atoms with Gasteiger partial charge in [0, 0.05) is 44.1 Å². The number of hydrogen-bond acceptors (Lipinski definition) is 3. The van der Waals surface area contributed by atoms with Crippen molar-refractivity contribution in [1.82, 2.24) is 14.8 Å². The summed E-state index contributed by atoms with van der Waals surface area (Å²) in [5.41, 5.74) is 2.27. The lowest BCUT2D eigenvalue weighted by atomic mass is 10.1. The van der Waals surface area contributed by atoms with Gasteiger partial charge in [-0.3, -0.25) is 9.59 Å². The number of aryl methyl sites for hydroxylation is 1. The van der Waals surface area contributed by atoms with Gasteiger partial charge in [-0.05, 0) is 43.7 Å². The van der Waals surface area contributed by atoms with Crippen LogP contribution in [0.25, 0.3) is 0 Å². The SMILES string of the molecule is CCOc1ccc(C(=O)N2CCN(C(=O)c3cc[nH]c3)CC2)cc1C. The number of rotatable bonds is 4. The molecule has 0 atom stereocenters. The number of H-pyrrole nitrogens is 1. The molecule has 1 aromatic carbocycles. The molecule has 6 nitrogen and oxygen atoms in total. The zero-order valence-electron chi connectivity index (χ0n) is 14.6. The summed E-state index contributed by atoms with van der Waals surface area (Å²) in [5.74, 6) is 0.811. The fourth-order valence-electron chi connectivity index (χ4n) is 3.03. The molecular formula is C19H23N3O3. The van der Waals surface area contributed by atoms with Crippen molar-refractivity contribution in [1.29, 1.82) is 0 Å². The topological polar surface area (TPSA) is 65.6 Å². The van der Waals surface area contributed by atoms with Crippen LogP contribution >= 0.6 is 0 Å². The molecule has 1 aliphatic rings. The number of hydrogen-bond donors (Lipinski definition) is 1. The Bertz CT molecular complexity index is 747. The fraction of sp³-hybridized carbons (Fsp3) is 0.368. The van der Waals surface area contributed by atoms with Crippen molar-refractivity contribution in [2.75, 3.05) is 32.8 Å². The normalized spacial score (nSPS) is 14.5. The molecule has 0 radical (unpaired) electrons. The van der Waals surface area contributed by atoms with Crippen LogP contribution in [0.1, 0.15) is 33.2 Å². The van der Waals surface area contributed by atoms with Crippen LogP contribution in [0, 0.1) is 6.92 Å². The van der Waals surface area contributed by atoms with Gasteiger partial charge in [-0.1, -0.05) is 0 Å². The predicted octanol–water partition coefficient (Wildman–Crippen LogP) is 2.32. The number of benzene rings is 1. The van der Waals surface area contributed by atoms with E-state index in [0.717, 1.165) is 11.3 Å². The van der Waals surface area contributed by atoms with E-state index in [9.17, 15) is 9.59 Å². The third-order valence-corrected chi connectivity index (χ3v) is 4.42. The van der Waals surface area contributed by atoms with Gasteiger partial charge < -0.3 is 19.5 Å². The second kappa shape index (κ2) is 7.42. The molecule has 6 heteroatoms. The Hall–Kier alpha value is -2.76. The van der Waals surface area contributed by atoms with E-state index in [4.69, 9.17) is 4.74 Å². The standard InChI is InChI=1S/C19H23N3O3/c1-3-25-17-5-4-15(12-14(17)2)18(23)21-8-10-22(11-9-21)19(24)16-6-7-20-13-16/h4-7,12-13,20H,3,8-11H2,1-2H3. The number of piperazine rings is 1. The number of aromatic nitrogens is 1. The first-order valence-electron chi connectivity index (χ1n) is 8.55. The Kier molecular flexibility index (Phi) is 5.07. The summed E-state index contributed by atoms with van der Waals surface area (Å²) in [6, 6.07) is 7.28. The first-order valence-corrected chi connectivity index (χ1v) is 8.55. The monoisotopic (exact) mass is 341 g/mol. The molecular weight excluding hydrogens is 318 g/mol. The Balaban J connectivity index is 1.62. The Labute approximate surface area is 147 Å². The van der Waals surface area contributed by atoms with E-state index >= 15 is 0 Å². The maximum atomic E-state index is 12.7. The molecule has 0 saturated carbocycles. The van der Waals surface area contributed by atoms with Crippen LogP contribution in [0.3, 0.4) is 0 Å². The van der Waals surface area contributed by atoms with Crippen LogP contribution in [0.5, 0.6) is 5.75 Å². The van der Waals surface area contributed by atoms with E-state index in [1.54, 1.807) is 34.3 Å². The van der Waals surface area contributed by atoms with E-state index in [0.29, 0.717) is 43.9 Å². The highest BCUT2D eigenvalue weighted by Gasteiger charge is 2.25. The molecule has 1 aromatic heterocycles. The third-order valence-electron chi connectivity index (χ3n) is 4.42. The predicted molar refractivity (Wildman–Crippen MR) is 94.9 cm³/mol. The van der Waals surface area contributed by atoms with Crippen LogP contribution in [0.15, 0.2) is 36.7 Å². The molecule has 1 N–H and O–H groups in total. The summed E-state index contributed by atoms with van der Waals surface area (Å²) in [4.78, 5) is 31.5. The van der Waals surface area contributed by atoms with Crippen molar-refractivity contribution >= 4 is 11.8 Å². The Morgan fingerprint density at radius 1 is 1.04 bits per heavy atom. The summed E-state index contributed by atoms with van der Waals surface area (Å²) in [6.07, 6.45) is 3.43. The second-order valence-corrected chi connectivity index (χ2v) is 6.10. The minimum Gasteiger partial charge on any atom is -0.494 e. The van der Waals surface area contributed by atoms with Gasteiger partial charge in [0.05, 0.1) is 12.2 Å². The molecule has 0 aliphatic carbocycles. The van der Waals surface area contributed by atoms with Crippen LogP contribution in [0.2, 0.25) is 0 Å². The molecule has 0 spiro atoms. The number of carbonyl (C=O) groups excluding carboxylic acids is 2. The number of ether oxygens (including phenoxy) is 1. The molecule has 25 heavy (non-hydrogen) atoms. The number of carbonyl (C=O) groups is 2. The minimum absolute atomic E-state index is 0.000100. The van der Waals surface area contributed by atoms with E-state index in [2.05, 4.69) is 4.98 Å². The summed E-state index contributed by atoms with van der Waals surface area (Å²) in [5, 5.41) is 0. The summed E-state index contributed by atoms with van der Waals surface area (Å²) in [7, 11) is 0. The van der Waals surface area contributed by atoms with Crippen molar-refractivity contribution in [3.05, 3.63) is 53.3 Å². The number of aromatic amines is 1. The molecule has 3 rings (SSSR count). The van der Waals surface area contributed by atoms with E-state index in [1.165, 1.54) is 0 Å². The van der Waals surface area contributed by atoms with Gasteiger partial charge >= 0.3 is 0 Å². The van der Waals surface area contributed by atoms with E-state index in [-0.39, 0.29) is 11.8 Å². The molecule has 2 heterocycles. The first-order chi connectivity index (χ1) is 12.1. The highest BCUT2D eigenvalue weighted by molar-refractivity contribution is 5.96. The van der Waals surface area contributed by atoms with Crippen molar-refractivity contribution < 1.29 is 14.3 Å². The van der Waals surface area contributed by atoms with Gasteiger partial charge in [0.25, 0.3) is 11.8 Å². The molecule has 0 unspecified atom stereocenters. The Morgan fingerprint density at radius 2 is 1.68 bits per heavy atom. The van der Waals surface area contributed by atoms with Crippen molar-refractivity contribution in [2.45, 2.75) is 13.8 Å². The van der Waals surface area contributed by atoms with Gasteiger partial charge in [-0.25, -0.2) is 0 Å². The lowest BCUT2D eigenvalue weighted by Crippen LogP contribution is -2.50. The second-order valence-electron chi connectivity index (χ2n) is 6.10. The van der Waals surface area contributed by atoms with Crippen molar-refractivity contribution in [3.8, 4) is 5.75 Å². The average Bonchev–Trinajstić information content (AvgIpc) is 3.17. The zero-order chi connectivity index (χ0) is 17.8. The van der Waals surface area contributed by atoms with Crippen molar-refractivity contribution in [3.63, 3.8) is 0 Å². The largest absolute Gasteiger partial charge is 0.494 e. The molecule has 2 aromatic rings. The zero-order valence-corrected chi connectivity index (χ0v) is 14.6. The highest BCUT2D eigenvalue weighted by atomic mass is 16.5. The van der Waals surface area contributed by atoms with Crippen LogP contribution in [-0.4, -0.2) is 59.4 Å². The first kappa shape index (κ1) is 17.1. The van der Waals surface area contributed by atoms with Crippen LogP contribution in [0.4, 0.5) is 0 Å². The molecule has 2 amide bonds. The van der Waals surface area contributed by atoms with Crippen LogP contribution < -0.4 is 4.74 Å². The van der Waals surface area contributed by atoms with Gasteiger partial charge in [0.1, 0.15) is 5.75 Å². The van der Waals surface area contributed by atoms with E-state index < -0.39 is 0 Å². The maximum Gasteiger partial charge on any atom is 0.255 e. The molecule has 1 aliphatic heterocycles. The molecule has 1 fully saturated rings. The maximum absolute atomic E-state index is 12.7. The van der Waals surface area contributed by atoms with Crippen LogP contribution in [-0.2, 0) is 0 Å². The molecule has 132 valence electrons. The minimum atomic E-state index is -0.000100. The quantitative estimate of drug-likeness (QED) is 0.928.